The maximum atomic E-state index is 10.8. The van der Waals surface area contributed by atoms with Crippen molar-refractivity contribution in [1.29, 1.82) is 0 Å². The summed E-state index contributed by atoms with van der Waals surface area (Å²) >= 11 is 0. The van der Waals surface area contributed by atoms with Gasteiger partial charge in [-0.15, -0.1) is 0 Å². The molecule has 26 heavy (non-hydrogen) atoms. The van der Waals surface area contributed by atoms with Crippen molar-refractivity contribution < 1.29 is 15.0 Å². The molecule has 0 heterocycles. The topological polar surface area (TPSA) is 83.5 Å². The molecule has 4 nitrogen and oxygen atoms in total. The highest BCUT2D eigenvalue weighted by Crippen LogP contribution is 2.50. The highest BCUT2D eigenvalue weighted by molar-refractivity contribution is 5.73. The Kier molecular flexibility index (Phi) is 8.86. The van der Waals surface area contributed by atoms with E-state index in [1.807, 2.05) is 6.08 Å². The molecule has 2 aliphatic rings. The lowest BCUT2D eigenvalue weighted by atomic mass is 9.90. The Balaban J connectivity index is 1.79. The number of carbonyl (C=O) groups is 1. The van der Waals surface area contributed by atoms with Crippen LogP contribution in [0.15, 0.2) is 23.8 Å². The summed E-state index contributed by atoms with van der Waals surface area (Å²) in [5.74, 6) is 1.06. The SMILES string of the molecule is CCCCC[C@H](O)C=C[C@@H]1[C@H]2CC(=CCCCCC(N)=O)C[C@H]2C[C@H]1O. The van der Waals surface area contributed by atoms with Crippen molar-refractivity contribution in [2.24, 2.45) is 23.5 Å². The molecule has 1 amide bonds. The van der Waals surface area contributed by atoms with Crippen LogP contribution in [0.2, 0.25) is 0 Å². The van der Waals surface area contributed by atoms with E-state index in [4.69, 9.17) is 5.73 Å². The molecule has 2 aliphatic carbocycles. The van der Waals surface area contributed by atoms with E-state index in [2.05, 4.69) is 19.1 Å². The Bertz CT molecular complexity index is 500. The van der Waals surface area contributed by atoms with Crippen molar-refractivity contribution >= 4 is 5.91 Å². The van der Waals surface area contributed by atoms with Crippen molar-refractivity contribution in [3.63, 3.8) is 0 Å². The summed E-state index contributed by atoms with van der Waals surface area (Å²) in [6, 6.07) is 0. The highest BCUT2D eigenvalue weighted by atomic mass is 16.3. The second-order valence-electron chi connectivity index (χ2n) is 8.24. The molecule has 0 aliphatic heterocycles. The number of rotatable bonds is 11. The number of aliphatic hydroxyl groups is 2. The Morgan fingerprint density at radius 3 is 2.81 bits per heavy atom. The van der Waals surface area contributed by atoms with Gasteiger partial charge in [0.2, 0.25) is 5.91 Å². The lowest BCUT2D eigenvalue weighted by Crippen LogP contribution is -2.17. The summed E-state index contributed by atoms with van der Waals surface area (Å²) < 4.78 is 0. The van der Waals surface area contributed by atoms with Crippen molar-refractivity contribution in [3.8, 4) is 0 Å². The third-order valence-electron chi connectivity index (χ3n) is 6.08. The van der Waals surface area contributed by atoms with E-state index < -0.39 is 0 Å². The van der Waals surface area contributed by atoms with Gasteiger partial charge in [0, 0.05) is 12.3 Å². The lowest BCUT2D eigenvalue weighted by molar-refractivity contribution is -0.118. The third-order valence-corrected chi connectivity index (χ3v) is 6.08. The molecular weight excluding hydrogens is 326 g/mol. The van der Waals surface area contributed by atoms with Crippen LogP contribution >= 0.6 is 0 Å². The molecule has 0 saturated heterocycles. The van der Waals surface area contributed by atoms with E-state index in [9.17, 15) is 15.0 Å². The minimum absolute atomic E-state index is 0.182. The van der Waals surface area contributed by atoms with Crippen LogP contribution in [0.4, 0.5) is 0 Å². The molecular formula is C22H37NO3. The molecule has 4 N–H and O–H groups in total. The molecule has 0 aromatic carbocycles. The predicted octanol–water partition coefficient (Wildman–Crippen LogP) is 3.86. The smallest absolute Gasteiger partial charge is 0.217 e. The number of allylic oxidation sites excluding steroid dienone is 2. The van der Waals surface area contributed by atoms with Crippen LogP contribution in [0.1, 0.15) is 77.6 Å². The normalized spacial score (nSPS) is 31.0. The second kappa shape index (κ2) is 10.9. The first-order valence-electron chi connectivity index (χ1n) is 10.5. The van der Waals surface area contributed by atoms with Gasteiger partial charge in [0.25, 0.3) is 0 Å². The Hall–Kier alpha value is -1.13. The van der Waals surface area contributed by atoms with E-state index in [1.165, 1.54) is 12.0 Å². The molecule has 0 radical (unpaired) electrons. The zero-order valence-electron chi connectivity index (χ0n) is 16.3. The van der Waals surface area contributed by atoms with Crippen molar-refractivity contribution in [1.82, 2.24) is 0 Å². The summed E-state index contributed by atoms with van der Waals surface area (Å²) in [4.78, 5) is 10.8. The van der Waals surface area contributed by atoms with E-state index >= 15 is 0 Å². The van der Waals surface area contributed by atoms with Crippen molar-refractivity contribution in [3.05, 3.63) is 23.8 Å². The first-order chi connectivity index (χ1) is 12.5. The van der Waals surface area contributed by atoms with Crippen LogP contribution in [-0.4, -0.2) is 28.3 Å². The van der Waals surface area contributed by atoms with E-state index in [-0.39, 0.29) is 24.0 Å². The number of unbranched alkanes of at least 4 members (excludes halogenated alkanes) is 4. The number of hydrogen-bond donors (Lipinski definition) is 3. The van der Waals surface area contributed by atoms with Gasteiger partial charge in [0.15, 0.2) is 0 Å². The molecule has 2 rings (SSSR count). The number of aliphatic hydroxyl groups excluding tert-OH is 2. The van der Waals surface area contributed by atoms with Gasteiger partial charge in [-0.05, 0) is 56.8 Å². The molecule has 2 fully saturated rings. The van der Waals surface area contributed by atoms with Crippen LogP contribution in [0.25, 0.3) is 0 Å². The van der Waals surface area contributed by atoms with Gasteiger partial charge in [0.1, 0.15) is 0 Å². The Labute approximate surface area is 158 Å². The quantitative estimate of drug-likeness (QED) is 0.385. The summed E-state index contributed by atoms with van der Waals surface area (Å²) in [5.41, 5.74) is 6.68. The van der Waals surface area contributed by atoms with Crippen molar-refractivity contribution in [2.75, 3.05) is 0 Å². The first-order valence-corrected chi connectivity index (χ1v) is 10.5. The fourth-order valence-corrected chi connectivity index (χ4v) is 4.65. The maximum absolute atomic E-state index is 10.8. The second-order valence-corrected chi connectivity index (χ2v) is 8.24. The zero-order chi connectivity index (χ0) is 18.9. The van der Waals surface area contributed by atoms with Gasteiger partial charge < -0.3 is 15.9 Å². The first kappa shape index (κ1) is 21.2. The third kappa shape index (κ3) is 6.55. The average molecular weight is 364 g/mol. The van der Waals surface area contributed by atoms with Crippen LogP contribution in [-0.2, 0) is 4.79 Å². The molecule has 148 valence electrons. The highest BCUT2D eigenvalue weighted by Gasteiger charge is 2.44. The predicted molar refractivity (Wildman–Crippen MR) is 105 cm³/mol. The number of carbonyl (C=O) groups excluding carboxylic acids is 1. The Morgan fingerprint density at radius 2 is 2.08 bits per heavy atom. The van der Waals surface area contributed by atoms with Gasteiger partial charge in [0.05, 0.1) is 12.2 Å². The summed E-state index contributed by atoms with van der Waals surface area (Å²) in [6.07, 6.45) is 16.3. The van der Waals surface area contributed by atoms with Crippen LogP contribution in [0.5, 0.6) is 0 Å². The fraction of sp³-hybridized carbons (Fsp3) is 0.773. The standard InChI is InChI=1S/C22H37NO3/c1-2-3-5-9-18(24)11-12-19-20-14-16(13-17(20)15-21(19)25)8-6-4-7-10-22(23)26/h8,11-12,17-21,24-25H,2-7,9-10,13-15H2,1H3,(H2,23,26)/t17-,18-,19+,20-,21+/m0/s1. The molecule has 0 spiro atoms. The molecule has 0 unspecified atom stereocenters. The minimum Gasteiger partial charge on any atom is -0.392 e. The van der Waals surface area contributed by atoms with E-state index in [0.717, 1.165) is 57.8 Å². The minimum atomic E-state index is -0.380. The number of amides is 1. The monoisotopic (exact) mass is 363 g/mol. The Morgan fingerprint density at radius 1 is 1.27 bits per heavy atom. The molecule has 0 aromatic rings. The van der Waals surface area contributed by atoms with Gasteiger partial charge in [-0.3, -0.25) is 4.79 Å². The molecule has 5 atom stereocenters. The maximum Gasteiger partial charge on any atom is 0.217 e. The van der Waals surface area contributed by atoms with Crippen molar-refractivity contribution in [2.45, 2.75) is 89.8 Å². The lowest BCUT2D eigenvalue weighted by Gasteiger charge is -2.17. The largest absolute Gasteiger partial charge is 0.392 e. The van der Waals surface area contributed by atoms with Gasteiger partial charge in [-0.25, -0.2) is 0 Å². The van der Waals surface area contributed by atoms with Crippen LogP contribution < -0.4 is 5.73 Å². The van der Waals surface area contributed by atoms with Gasteiger partial charge >= 0.3 is 0 Å². The molecule has 0 bridgehead atoms. The summed E-state index contributed by atoms with van der Waals surface area (Å²) in [6.45, 7) is 2.17. The fourth-order valence-electron chi connectivity index (χ4n) is 4.65. The number of nitrogens with two attached hydrogens (primary N) is 1. The molecule has 0 aromatic heterocycles. The number of fused-ring (bicyclic) bond motifs is 1. The molecule has 4 heteroatoms. The van der Waals surface area contributed by atoms with E-state index in [0.29, 0.717) is 18.3 Å². The van der Waals surface area contributed by atoms with Crippen LogP contribution in [0, 0.1) is 17.8 Å². The van der Waals surface area contributed by atoms with Crippen LogP contribution in [0.3, 0.4) is 0 Å². The molecule has 2 saturated carbocycles. The number of primary amides is 1. The average Bonchev–Trinajstić information content (AvgIpc) is 3.09. The van der Waals surface area contributed by atoms with Gasteiger partial charge in [-0.1, -0.05) is 50.0 Å². The summed E-state index contributed by atoms with van der Waals surface area (Å²) in [7, 11) is 0. The zero-order valence-corrected chi connectivity index (χ0v) is 16.3. The number of hydrogen-bond acceptors (Lipinski definition) is 3. The van der Waals surface area contributed by atoms with E-state index in [1.54, 1.807) is 0 Å². The summed E-state index contributed by atoms with van der Waals surface area (Å²) in [5, 5.41) is 20.5. The van der Waals surface area contributed by atoms with Gasteiger partial charge in [-0.2, -0.15) is 0 Å².